The van der Waals surface area contributed by atoms with Gasteiger partial charge in [0, 0.05) is 24.0 Å². The normalized spacial score (nSPS) is 18.2. The van der Waals surface area contributed by atoms with Crippen LogP contribution in [0, 0.1) is 6.92 Å². The van der Waals surface area contributed by atoms with Gasteiger partial charge < -0.3 is 10.2 Å². The summed E-state index contributed by atoms with van der Waals surface area (Å²) in [7, 11) is 0. The van der Waals surface area contributed by atoms with Crippen molar-refractivity contribution in [2.45, 2.75) is 45.6 Å². The second-order valence-corrected chi connectivity index (χ2v) is 6.14. The summed E-state index contributed by atoms with van der Waals surface area (Å²) < 4.78 is 0. The van der Waals surface area contributed by atoms with Crippen molar-refractivity contribution >= 4 is 23.2 Å². The van der Waals surface area contributed by atoms with Gasteiger partial charge in [-0.2, -0.15) is 0 Å². The van der Waals surface area contributed by atoms with Gasteiger partial charge in [0.25, 0.3) is 0 Å². The predicted octanol–water partition coefficient (Wildman–Crippen LogP) is 1.51. The fourth-order valence-electron chi connectivity index (χ4n) is 2.57. The molecule has 1 aromatic rings. The summed E-state index contributed by atoms with van der Waals surface area (Å²) in [4.78, 5) is 30.5. The second kappa shape index (κ2) is 5.91. The highest BCUT2D eigenvalue weighted by atomic mass is 32.1. The first-order valence-corrected chi connectivity index (χ1v) is 7.90. The van der Waals surface area contributed by atoms with Gasteiger partial charge in [-0.1, -0.05) is 13.8 Å². The molecule has 20 heavy (non-hydrogen) atoms. The van der Waals surface area contributed by atoms with Crippen LogP contribution in [-0.2, 0) is 16.0 Å². The summed E-state index contributed by atoms with van der Waals surface area (Å²) in [6.45, 7) is 6.55. The Morgan fingerprint density at radius 2 is 2.10 bits per heavy atom. The van der Waals surface area contributed by atoms with Crippen molar-refractivity contribution in [2.75, 3.05) is 13.1 Å². The first-order valence-electron chi connectivity index (χ1n) is 7.02. The molecule has 0 bridgehead atoms. The Balaban J connectivity index is 2.06. The van der Waals surface area contributed by atoms with E-state index in [1.807, 2.05) is 26.2 Å². The number of nitrogens with zero attached hydrogens (tertiary/aromatic N) is 2. The average molecular weight is 295 g/mol. The van der Waals surface area contributed by atoms with Crippen LogP contribution in [0.1, 0.15) is 37.4 Å². The van der Waals surface area contributed by atoms with Crippen molar-refractivity contribution < 1.29 is 9.59 Å². The highest BCUT2D eigenvalue weighted by molar-refractivity contribution is 7.09. The molecule has 6 heteroatoms. The summed E-state index contributed by atoms with van der Waals surface area (Å²) in [5, 5.41) is 5.88. The maximum Gasteiger partial charge on any atom is 0.248 e. The van der Waals surface area contributed by atoms with Crippen LogP contribution in [0.15, 0.2) is 5.38 Å². The molecule has 1 fully saturated rings. The molecule has 1 aliphatic heterocycles. The van der Waals surface area contributed by atoms with E-state index in [2.05, 4.69) is 10.3 Å². The molecule has 2 amide bonds. The van der Waals surface area contributed by atoms with Crippen molar-refractivity contribution in [1.82, 2.24) is 15.2 Å². The summed E-state index contributed by atoms with van der Waals surface area (Å²) in [6.07, 6.45) is 1.96. The van der Waals surface area contributed by atoms with Gasteiger partial charge >= 0.3 is 0 Å². The third-order valence-electron chi connectivity index (χ3n) is 3.88. The van der Waals surface area contributed by atoms with E-state index in [0.29, 0.717) is 25.8 Å². The monoisotopic (exact) mass is 295 g/mol. The van der Waals surface area contributed by atoms with Crippen molar-refractivity contribution in [1.29, 1.82) is 0 Å². The molecule has 110 valence electrons. The molecule has 2 heterocycles. The third kappa shape index (κ3) is 2.85. The zero-order chi connectivity index (χ0) is 14.8. The largest absolute Gasteiger partial charge is 0.340 e. The van der Waals surface area contributed by atoms with Crippen LogP contribution in [0.2, 0.25) is 0 Å². The Hall–Kier alpha value is -1.43. The number of aromatic nitrogens is 1. The number of hydrogen-bond donors (Lipinski definition) is 1. The van der Waals surface area contributed by atoms with Gasteiger partial charge in [0.05, 0.1) is 11.6 Å². The van der Waals surface area contributed by atoms with E-state index in [9.17, 15) is 9.59 Å². The van der Waals surface area contributed by atoms with E-state index < -0.39 is 5.54 Å². The van der Waals surface area contributed by atoms with Gasteiger partial charge in [0.1, 0.15) is 5.54 Å². The SMILES string of the molecule is CCC1(CC)NC(=O)CN(CCc2nc(C)cs2)C1=O. The maximum absolute atomic E-state index is 12.6. The summed E-state index contributed by atoms with van der Waals surface area (Å²) in [5.74, 6) is -0.0287. The molecule has 0 aromatic carbocycles. The molecule has 0 atom stereocenters. The van der Waals surface area contributed by atoms with Gasteiger partial charge in [0.2, 0.25) is 11.8 Å². The lowest BCUT2D eigenvalue weighted by atomic mass is 9.89. The van der Waals surface area contributed by atoms with E-state index in [0.717, 1.165) is 10.7 Å². The number of carbonyl (C=O) groups excluding carboxylic acids is 2. The molecule has 1 aliphatic rings. The van der Waals surface area contributed by atoms with Gasteiger partial charge in [-0.25, -0.2) is 4.98 Å². The average Bonchev–Trinajstić information content (AvgIpc) is 2.85. The predicted molar refractivity (Wildman–Crippen MR) is 78.6 cm³/mol. The number of aryl methyl sites for hydroxylation is 1. The van der Waals surface area contributed by atoms with E-state index in [4.69, 9.17) is 0 Å². The van der Waals surface area contributed by atoms with Gasteiger partial charge in [0.15, 0.2) is 0 Å². The third-order valence-corrected chi connectivity index (χ3v) is 4.91. The molecule has 1 saturated heterocycles. The Morgan fingerprint density at radius 3 is 2.65 bits per heavy atom. The fraction of sp³-hybridized carbons (Fsp3) is 0.643. The lowest BCUT2D eigenvalue weighted by molar-refractivity contribution is -0.150. The minimum absolute atomic E-state index is 0.0374. The first kappa shape index (κ1) is 15.0. The Morgan fingerprint density at radius 1 is 1.40 bits per heavy atom. The smallest absolute Gasteiger partial charge is 0.248 e. The molecule has 2 rings (SSSR count). The Kier molecular flexibility index (Phi) is 4.42. The maximum atomic E-state index is 12.6. The van der Waals surface area contributed by atoms with Crippen LogP contribution in [-0.4, -0.2) is 40.3 Å². The minimum atomic E-state index is -0.714. The zero-order valence-electron chi connectivity index (χ0n) is 12.2. The first-order chi connectivity index (χ1) is 9.50. The lowest BCUT2D eigenvalue weighted by Crippen LogP contribution is -2.66. The van der Waals surface area contributed by atoms with E-state index >= 15 is 0 Å². The quantitative estimate of drug-likeness (QED) is 0.895. The molecular formula is C14H21N3O2S. The number of amides is 2. The number of nitrogens with one attached hydrogen (secondary N) is 1. The van der Waals surface area contributed by atoms with Gasteiger partial charge in [-0.3, -0.25) is 9.59 Å². The molecule has 1 aromatic heterocycles. The summed E-state index contributed by atoms with van der Waals surface area (Å²) in [6, 6.07) is 0. The van der Waals surface area contributed by atoms with Gasteiger partial charge in [-0.15, -0.1) is 11.3 Å². The number of hydrogen-bond acceptors (Lipinski definition) is 4. The standard InChI is InChI=1S/C14H21N3O2S/c1-4-14(5-2)13(19)17(8-11(18)16-14)7-6-12-15-10(3)9-20-12/h9H,4-8H2,1-3H3,(H,16,18). The summed E-state index contributed by atoms with van der Waals surface area (Å²) in [5.41, 5.74) is 0.290. The van der Waals surface area contributed by atoms with E-state index in [1.165, 1.54) is 0 Å². The lowest BCUT2D eigenvalue weighted by Gasteiger charge is -2.41. The fourth-order valence-corrected chi connectivity index (χ4v) is 3.33. The molecule has 0 saturated carbocycles. The minimum Gasteiger partial charge on any atom is -0.340 e. The second-order valence-electron chi connectivity index (χ2n) is 5.20. The topological polar surface area (TPSA) is 62.3 Å². The van der Waals surface area contributed by atoms with E-state index in [1.54, 1.807) is 16.2 Å². The molecule has 0 spiro atoms. The zero-order valence-corrected chi connectivity index (χ0v) is 13.0. The molecule has 0 unspecified atom stereocenters. The summed E-state index contributed by atoms with van der Waals surface area (Å²) >= 11 is 1.60. The highest BCUT2D eigenvalue weighted by Crippen LogP contribution is 2.22. The Bertz CT molecular complexity index is 508. The molecular weight excluding hydrogens is 274 g/mol. The molecule has 1 N–H and O–H groups in total. The molecule has 0 radical (unpaired) electrons. The number of piperazine rings is 1. The van der Waals surface area contributed by atoms with Gasteiger partial charge in [-0.05, 0) is 19.8 Å². The Labute approximate surface area is 123 Å². The number of rotatable bonds is 5. The van der Waals surface area contributed by atoms with Crippen molar-refractivity contribution in [3.8, 4) is 0 Å². The number of carbonyl (C=O) groups is 2. The highest BCUT2D eigenvalue weighted by Gasteiger charge is 2.43. The van der Waals surface area contributed by atoms with Crippen LogP contribution in [0.25, 0.3) is 0 Å². The van der Waals surface area contributed by atoms with Crippen LogP contribution >= 0.6 is 11.3 Å². The van der Waals surface area contributed by atoms with Crippen LogP contribution in [0.4, 0.5) is 0 Å². The van der Waals surface area contributed by atoms with Crippen molar-refractivity contribution in [3.63, 3.8) is 0 Å². The van der Waals surface area contributed by atoms with Crippen LogP contribution in [0.3, 0.4) is 0 Å². The van der Waals surface area contributed by atoms with E-state index in [-0.39, 0.29) is 18.4 Å². The van der Waals surface area contributed by atoms with Crippen molar-refractivity contribution in [2.24, 2.45) is 0 Å². The van der Waals surface area contributed by atoms with Crippen molar-refractivity contribution in [3.05, 3.63) is 16.1 Å². The van der Waals surface area contributed by atoms with Crippen LogP contribution < -0.4 is 5.32 Å². The molecule has 0 aliphatic carbocycles. The molecule has 5 nitrogen and oxygen atoms in total. The van der Waals surface area contributed by atoms with Crippen LogP contribution in [0.5, 0.6) is 0 Å². The number of thiazole rings is 1.